The lowest BCUT2D eigenvalue weighted by Gasteiger charge is -2.41. The summed E-state index contributed by atoms with van der Waals surface area (Å²) in [5.74, 6) is 0. The van der Waals surface area contributed by atoms with Crippen LogP contribution in [0.2, 0.25) is 26.2 Å². The van der Waals surface area contributed by atoms with Gasteiger partial charge in [0.1, 0.15) is 16.1 Å². The van der Waals surface area contributed by atoms with Crippen LogP contribution in [0.4, 0.5) is 34.1 Å². The van der Waals surface area contributed by atoms with E-state index in [4.69, 9.17) is 0 Å². The van der Waals surface area contributed by atoms with Crippen LogP contribution in [0.25, 0.3) is 87.6 Å². The lowest BCUT2D eigenvalue weighted by Crippen LogP contribution is -2.58. The van der Waals surface area contributed by atoms with Crippen molar-refractivity contribution in [3.63, 3.8) is 0 Å². The van der Waals surface area contributed by atoms with E-state index in [1.54, 1.807) is 0 Å². The minimum Gasteiger partial charge on any atom is -0.311 e. The summed E-state index contributed by atoms with van der Waals surface area (Å²) >= 11 is 0. The first-order chi connectivity index (χ1) is 38.2. The summed E-state index contributed by atoms with van der Waals surface area (Å²) in [6.45, 7) is 10.0. The number of nitrogens with zero attached hydrogens (tertiary/aromatic N) is 2. The van der Waals surface area contributed by atoms with E-state index < -0.39 is 16.1 Å². The van der Waals surface area contributed by atoms with Crippen molar-refractivity contribution >= 4 is 114 Å². The van der Waals surface area contributed by atoms with Crippen molar-refractivity contribution in [1.29, 1.82) is 0 Å². The standard InChI is InChI=1S/C74H56N2Si2/c1-77(2)69-25-13-9-21-65(69)75(66-22-10-14-26-70(66)77)59-41-43-61-63(47-59)73(53-35-29-51(30-36-53)57-39-33-49-17-5-7-19-55(49)45-57)62-44-42-60(76-67-23-11-15-27-71(67)78(3,4)72-28-16-12-24-68(72)76)48-64(62)74(61)54-37-31-52(32-38-54)58-40-34-50-18-6-8-20-56(50)46-58/h5-48H,1-4H3. The molecule has 78 heavy (non-hydrogen) atoms. The number of benzene rings is 13. The fourth-order valence-electron chi connectivity index (χ4n) is 13.4. The van der Waals surface area contributed by atoms with Crippen molar-refractivity contribution in [2.24, 2.45) is 0 Å². The number of hydrogen-bond donors (Lipinski definition) is 0. The lowest BCUT2D eigenvalue weighted by atomic mass is 9.84. The van der Waals surface area contributed by atoms with Crippen LogP contribution in [0, 0.1) is 0 Å². The van der Waals surface area contributed by atoms with E-state index in [2.05, 4.69) is 303 Å². The predicted octanol–water partition coefficient (Wildman–Crippen LogP) is 18.2. The molecule has 0 N–H and O–H groups in total. The second-order valence-electron chi connectivity index (χ2n) is 22.5. The summed E-state index contributed by atoms with van der Waals surface area (Å²) in [5, 5.41) is 15.7. The fourth-order valence-corrected chi connectivity index (χ4v) is 19.4. The Hall–Kier alpha value is -9.07. The molecule has 0 saturated heterocycles. The molecule has 13 aromatic carbocycles. The molecule has 2 aliphatic heterocycles. The van der Waals surface area contributed by atoms with Crippen molar-refractivity contribution in [2.75, 3.05) is 9.80 Å². The molecule has 0 radical (unpaired) electrons. The molecule has 2 nitrogen and oxygen atoms in total. The second-order valence-corrected chi connectivity index (χ2v) is 31.1. The predicted molar refractivity (Wildman–Crippen MR) is 341 cm³/mol. The number of hydrogen-bond acceptors (Lipinski definition) is 2. The van der Waals surface area contributed by atoms with Gasteiger partial charge >= 0.3 is 0 Å². The first-order valence-corrected chi connectivity index (χ1v) is 33.4. The highest BCUT2D eigenvalue weighted by Crippen LogP contribution is 2.50. The van der Waals surface area contributed by atoms with E-state index in [1.807, 2.05) is 0 Å². The quantitative estimate of drug-likeness (QED) is 0.121. The van der Waals surface area contributed by atoms with Crippen molar-refractivity contribution in [1.82, 2.24) is 0 Å². The van der Waals surface area contributed by atoms with Gasteiger partial charge in [0.25, 0.3) is 0 Å². The number of anilines is 6. The first kappa shape index (κ1) is 46.3. The van der Waals surface area contributed by atoms with Crippen LogP contribution >= 0.6 is 0 Å². The van der Waals surface area contributed by atoms with Crippen LogP contribution < -0.4 is 30.5 Å². The van der Waals surface area contributed by atoms with Gasteiger partial charge in [0, 0.05) is 34.1 Å². The van der Waals surface area contributed by atoms with E-state index in [0.29, 0.717) is 0 Å². The van der Waals surface area contributed by atoms with Gasteiger partial charge < -0.3 is 9.80 Å². The maximum Gasteiger partial charge on any atom is 0.117 e. The summed E-state index contributed by atoms with van der Waals surface area (Å²) in [6, 6.07) is 101. The monoisotopic (exact) mass is 1030 g/mol. The van der Waals surface area contributed by atoms with E-state index in [9.17, 15) is 0 Å². The van der Waals surface area contributed by atoms with Gasteiger partial charge in [-0.25, -0.2) is 0 Å². The van der Waals surface area contributed by atoms with Crippen LogP contribution in [0.1, 0.15) is 0 Å². The van der Waals surface area contributed by atoms with Gasteiger partial charge in [-0.3, -0.25) is 0 Å². The van der Waals surface area contributed by atoms with Crippen molar-refractivity contribution in [3.8, 4) is 44.5 Å². The van der Waals surface area contributed by atoms with Crippen LogP contribution in [0.15, 0.2) is 267 Å². The van der Waals surface area contributed by atoms with Crippen LogP contribution in [-0.2, 0) is 0 Å². The molecule has 0 unspecified atom stereocenters. The van der Waals surface area contributed by atoms with Gasteiger partial charge in [0.15, 0.2) is 0 Å². The molecule has 0 spiro atoms. The molecule has 15 rings (SSSR count). The maximum absolute atomic E-state index is 2.54. The van der Waals surface area contributed by atoms with Crippen molar-refractivity contribution in [3.05, 3.63) is 267 Å². The Bertz CT molecular complexity index is 4180. The molecule has 370 valence electrons. The fraction of sp³-hybridized carbons (Fsp3) is 0.0541. The first-order valence-electron chi connectivity index (χ1n) is 27.4. The molecular weight excluding hydrogens is 973 g/mol. The number of para-hydroxylation sites is 4. The molecule has 2 heterocycles. The highest BCUT2D eigenvalue weighted by Gasteiger charge is 2.40. The Morgan fingerprint density at radius 3 is 0.885 bits per heavy atom. The lowest BCUT2D eigenvalue weighted by molar-refractivity contribution is 1.29. The summed E-state index contributed by atoms with van der Waals surface area (Å²) in [5.41, 5.74) is 17.1. The molecule has 0 atom stereocenters. The smallest absolute Gasteiger partial charge is 0.117 e. The third-order valence-corrected chi connectivity index (χ3v) is 24.5. The molecule has 0 bridgehead atoms. The van der Waals surface area contributed by atoms with Gasteiger partial charge in [-0.1, -0.05) is 232 Å². The van der Waals surface area contributed by atoms with Gasteiger partial charge in [0.2, 0.25) is 0 Å². The molecule has 13 aromatic rings. The SMILES string of the molecule is C[Si]1(C)c2ccccc2N(c2ccc3c(-c4ccc(-c5ccc6ccccc6c5)cc4)c4cc(N5c6ccccc6[Si](C)(C)c6ccccc65)ccc4c(-c4ccc(-c5ccc6ccccc6c5)cc4)c3c2)c2ccccc21. The summed E-state index contributed by atoms with van der Waals surface area (Å²) < 4.78 is 0. The molecule has 0 saturated carbocycles. The molecule has 0 fully saturated rings. The average Bonchev–Trinajstić information content (AvgIpc) is 3.66. The maximum atomic E-state index is 2.54. The minimum absolute atomic E-state index is 1.16. The molecule has 0 aromatic heterocycles. The molecular formula is C74H56N2Si2. The van der Waals surface area contributed by atoms with E-state index in [1.165, 1.54) is 131 Å². The van der Waals surface area contributed by atoms with E-state index in [0.717, 1.165) is 11.4 Å². The van der Waals surface area contributed by atoms with Gasteiger partial charge in [0.05, 0.1) is 0 Å². The molecule has 4 heteroatoms. The summed E-state index contributed by atoms with van der Waals surface area (Å²) in [4.78, 5) is 5.08. The molecule has 2 aliphatic rings. The van der Waals surface area contributed by atoms with Gasteiger partial charge in [-0.05, 0) is 169 Å². The van der Waals surface area contributed by atoms with Crippen LogP contribution in [0.5, 0.6) is 0 Å². The highest BCUT2D eigenvalue weighted by molar-refractivity contribution is 7.03. The van der Waals surface area contributed by atoms with Crippen LogP contribution in [-0.4, -0.2) is 16.1 Å². The van der Waals surface area contributed by atoms with Gasteiger partial charge in [-0.15, -0.1) is 0 Å². The summed E-state index contributed by atoms with van der Waals surface area (Å²) in [7, 11) is -4.04. The Morgan fingerprint density at radius 1 is 0.231 bits per heavy atom. The van der Waals surface area contributed by atoms with E-state index >= 15 is 0 Å². The normalized spacial score (nSPS) is 14.1. The topological polar surface area (TPSA) is 6.48 Å². The zero-order valence-electron chi connectivity index (χ0n) is 44.3. The zero-order chi connectivity index (χ0) is 52.3. The Balaban J connectivity index is 1.01. The van der Waals surface area contributed by atoms with Gasteiger partial charge in [-0.2, -0.15) is 0 Å². The van der Waals surface area contributed by atoms with Crippen molar-refractivity contribution < 1.29 is 0 Å². The average molecular weight is 1030 g/mol. The third-order valence-electron chi connectivity index (χ3n) is 17.4. The highest BCUT2D eigenvalue weighted by atomic mass is 28.3. The largest absolute Gasteiger partial charge is 0.311 e. The Morgan fingerprint density at radius 2 is 0.526 bits per heavy atom. The second kappa shape index (κ2) is 17.8. The molecule has 0 amide bonds. The van der Waals surface area contributed by atoms with Crippen LogP contribution in [0.3, 0.4) is 0 Å². The minimum atomic E-state index is -2.02. The summed E-state index contributed by atoms with van der Waals surface area (Å²) in [6.07, 6.45) is 0. The number of rotatable bonds is 6. The Labute approximate surface area is 458 Å². The number of fused-ring (bicyclic) bond motifs is 8. The molecule has 0 aliphatic carbocycles. The zero-order valence-corrected chi connectivity index (χ0v) is 46.3. The van der Waals surface area contributed by atoms with E-state index in [-0.39, 0.29) is 0 Å². The third kappa shape index (κ3) is 7.21. The Kier molecular flexibility index (Phi) is 10.5. The van der Waals surface area contributed by atoms with Crippen molar-refractivity contribution in [2.45, 2.75) is 26.2 Å².